The molecule has 2 aromatic carbocycles. The van der Waals surface area contributed by atoms with Crippen LogP contribution in [-0.2, 0) is 6.61 Å². The minimum Gasteiger partial charge on any atom is -0.493 e. The van der Waals surface area contributed by atoms with E-state index in [2.05, 4.69) is 15.8 Å². The predicted octanol–water partition coefficient (Wildman–Crippen LogP) is 3.75. The van der Waals surface area contributed by atoms with Crippen molar-refractivity contribution in [3.05, 3.63) is 58.6 Å². The van der Waals surface area contributed by atoms with Gasteiger partial charge < -0.3 is 14.8 Å². The molecule has 5 nitrogen and oxygen atoms in total. The van der Waals surface area contributed by atoms with E-state index in [0.29, 0.717) is 28.2 Å². The van der Waals surface area contributed by atoms with Gasteiger partial charge in [0, 0.05) is 17.1 Å². The molecule has 0 bridgehead atoms. The number of halogens is 1. The van der Waals surface area contributed by atoms with Gasteiger partial charge in [-0.05, 0) is 49.0 Å². The Labute approximate surface area is 158 Å². The van der Waals surface area contributed by atoms with Crippen LogP contribution in [0, 0.1) is 0 Å². The highest BCUT2D eigenvalue weighted by Gasteiger charge is 2.07. The molecule has 2 rings (SSSR count). The molecule has 0 aliphatic heterocycles. The monoisotopic (exact) mass is 377 g/mol. The summed E-state index contributed by atoms with van der Waals surface area (Å²) in [7, 11) is 1.59. The normalized spacial score (nSPS) is 10.5. The summed E-state index contributed by atoms with van der Waals surface area (Å²) in [6.45, 7) is 3.07. The fourth-order valence-electron chi connectivity index (χ4n) is 2.02. The third kappa shape index (κ3) is 5.92. The number of benzene rings is 2. The molecule has 132 valence electrons. The second-order valence-electron chi connectivity index (χ2n) is 5.02. The summed E-state index contributed by atoms with van der Waals surface area (Å²) in [5.74, 6) is 1.25. The molecule has 0 aliphatic rings. The molecule has 0 saturated carbocycles. The van der Waals surface area contributed by atoms with Crippen molar-refractivity contribution in [3.8, 4) is 11.5 Å². The lowest BCUT2D eigenvalue weighted by molar-refractivity contribution is 0.284. The molecule has 0 radical (unpaired) electrons. The maximum atomic E-state index is 6.14. The first kappa shape index (κ1) is 19.0. The van der Waals surface area contributed by atoms with Crippen molar-refractivity contribution in [2.45, 2.75) is 13.5 Å². The van der Waals surface area contributed by atoms with Crippen LogP contribution in [0.2, 0.25) is 5.02 Å². The van der Waals surface area contributed by atoms with Crippen LogP contribution in [0.5, 0.6) is 11.5 Å². The molecule has 0 amide bonds. The number of nitrogens with zero attached hydrogens (tertiary/aromatic N) is 1. The Hall–Kier alpha value is -2.31. The van der Waals surface area contributed by atoms with Gasteiger partial charge in [-0.2, -0.15) is 5.10 Å². The second kappa shape index (κ2) is 9.86. The van der Waals surface area contributed by atoms with E-state index < -0.39 is 0 Å². The van der Waals surface area contributed by atoms with E-state index in [4.69, 9.17) is 33.3 Å². The summed E-state index contributed by atoms with van der Waals surface area (Å²) in [6, 6.07) is 13.1. The van der Waals surface area contributed by atoms with Gasteiger partial charge in [-0.25, -0.2) is 0 Å². The quantitative estimate of drug-likeness (QED) is 0.437. The Morgan fingerprint density at radius 3 is 2.76 bits per heavy atom. The van der Waals surface area contributed by atoms with E-state index in [-0.39, 0.29) is 0 Å². The SMILES string of the molecule is CCNC(=S)NN=Cc1ccc(OCc2ccccc2Cl)c(OC)c1. The van der Waals surface area contributed by atoms with E-state index in [1.165, 1.54) is 0 Å². The number of methoxy groups -OCH3 is 1. The number of thiocarbonyl (C=S) groups is 1. The number of hydrogen-bond donors (Lipinski definition) is 2. The molecular formula is C18H20ClN3O2S. The highest BCUT2D eigenvalue weighted by Crippen LogP contribution is 2.29. The average Bonchev–Trinajstić information content (AvgIpc) is 2.62. The second-order valence-corrected chi connectivity index (χ2v) is 5.84. The number of rotatable bonds is 7. The van der Waals surface area contributed by atoms with Gasteiger partial charge in [0.15, 0.2) is 16.6 Å². The molecule has 0 atom stereocenters. The Kier molecular flexibility index (Phi) is 7.50. The van der Waals surface area contributed by atoms with Crippen molar-refractivity contribution in [1.82, 2.24) is 10.7 Å². The van der Waals surface area contributed by atoms with Crippen LogP contribution in [0.3, 0.4) is 0 Å². The van der Waals surface area contributed by atoms with Crippen LogP contribution in [-0.4, -0.2) is 25.0 Å². The summed E-state index contributed by atoms with van der Waals surface area (Å²) in [6.07, 6.45) is 1.66. The molecule has 2 aromatic rings. The van der Waals surface area contributed by atoms with Gasteiger partial charge in [-0.3, -0.25) is 5.43 Å². The fraction of sp³-hybridized carbons (Fsp3) is 0.222. The molecule has 0 fully saturated rings. The largest absolute Gasteiger partial charge is 0.493 e. The number of hydrazone groups is 1. The number of hydrogen-bond acceptors (Lipinski definition) is 4. The van der Waals surface area contributed by atoms with Crippen LogP contribution in [0.1, 0.15) is 18.1 Å². The number of ether oxygens (including phenoxy) is 2. The summed E-state index contributed by atoms with van der Waals surface area (Å²) in [5, 5.41) is 8.18. The van der Waals surface area contributed by atoms with Crippen LogP contribution >= 0.6 is 23.8 Å². The van der Waals surface area contributed by atoms with E-state index in [1.54, 1.807) is 13.3 Å². The lowest BCUT2D eigenvalue weighted by Crippen LogP contribution is -2.31. The summed E-state index contributed by atoms with van der Waals surface area (Å²) < 4.78 is 11.2. The van der Waals surface area contributed by atoms with Crippen molar-refractivity contribution in [2.24, 2.45) is 5.10 Å². The van der Waals surface area contributed by atoms with Crippen LogP contribution in [0.15, 0.2) is 47.6 Å². The standard InChI is InChI=1S/C18H20ClN3O2S/c1-3-20-18(25)22-21-11-13-8-9-16(17(10-13)23-2)24-12-14-6-4-5-7-15(14)19/h4-11H,3,12H2,1-2H3,(H2,20,22,25). The van der Waals surface area contributed by atoms with Gasteiger partial charge >= 0.3 is 0 Å². The third-order valence-corrected chi connectivity index (χ3v) is 3.85. The first-order valence-corrected chi connectivity index (χ1v) is 8.53. The maximum Gasteiger partial charge on any atom is 0.186 e. The van der Waals surface area contributed by atoms with Gasteiger partial charge in [0.2, 0.25) is 0 Å². The zero-order valence-electron chi connectivity index (χ0n) is 14.1. The van der Waals surface area contributed by atoms with Gasteiger partial charge in [0.25, 0.3) is 0 Å². The van der Waals surface area contributed by atoms with Crippen molar-refractivity contribution >= 4 is 35.1 Å². The highest BCUT2D eigenvalue weighted by atomic mass is 35.5. The molecule has 0 aromatic heterocycles. The molecule has 7 heteroatoms. The summed E-state index contributed by atoms with van der Waals surface area (Å²) in [4.78, 5) is 0. The Morgan fingerprint density at radius 2 is 2.04 bits per heavy atom. The molecule has 0 saturated heterocycles. The first-order chi connectivity index (χ1) is 12.1. The lowest BCUT2D eigenvalue weighted by Gasteiger charge is -2.12. The molecule has 2 N–H and O–H groups in total. The third-order valence-electron chi connectivity index (χ3n) is 3.25. The maximum absolute atomic E-state index is 6.14. The van der Waals surface area contributed by atoms with Crippen molar-refractivity contribution < 1.29 is 9.47 Å². The lowest BCUT2D eigenvalue weighted by atomic mass is 10.2. The minimum atomic E-state index is 0.363. The van der Waals surface area contributed by atoms with Gasteiger partial charge in [-0.1, -0.05) is 29.8 Å². The Balaban J connectivity index is 2.02. The highest BCUT2D eigenvalue weighted by molar-refractivity contribution is 7.80. The molecule has 25 heavy (non-hydrogen) atoms. The first-order valence-electron chi connectivity index (χ1n) is 7.75. The minimum absolute atomic E-state index is 0.363. The van der Waals surface area contributed by atoms with Crippen molar-refractivity contribution in [2.75, 3.05) is 13.7 Å². The van der Waals surface area contributed by atoms with Crippen LogP contribution in [0.25, 0.3) is 0 Å². The molecule has 0 heterocycles. The number of nitrogens with one attached hydrogen (secondary N) is 2. The summed E-state index contributed by atoms with van der Waals surface area (Å²) in [5.41, 5.74) is 4.51. The molecule has 0 unspecified atom stereocenters. The summed E-state index contributed by atoms with van der Waals surface area (Å²) >= 11 is 11.2. The topological polar surface area (TPSA) is 54.9 Å². The van der Waals surface area contributed by atoms with E-state index in [0.717, 1.165) is 17.7 Å². The van der Waals surface area contributed by atoms with Crippen LogP contribution in [0.4, 0.5) is 0 Å². The molecule has 0 aliphatic carbocycles. The van der Waals surface area contributed by atoms with Crippen molar-refractivity contribution in [1.29, 1.82) is 0 Å². The predicted molar refractivity (Wildman–Crippen MR) is 106 cm³/mol. The molecular weight excluding hydrogens is 358 g/mol. The van der Waals surface area contributed by atoms with Gasteiger partial charge in [0.1, 0.15) is 6.61 Å². The zero-order valence-corrected chi connectivity index (χ0v) is 15.7. The van der Waals surface area contributed by atoms with E-state index >= 15 is 0 Å². The van der Waals surface area contributed by atoms with Gasteiger partial charge in [0.05, 0.1) is 13.3 Å². The Bertz CT molecular complexity index is 753. The zero-order chi connectivity index (χ0) is 18.1. The van der Waals surface area contributed by atoms with Gasteiger partial charge in [-0.15, -0.1) is 0 Å². The van der Waals surface area contributed by atoms with Crippen LogP contribution < -0.4 is 20.2 Å². The fourth-order valence-corrected chi connectivity index (χ4v) is 2.41. The average molecular weight is 378 g/mol. The van der Waals surface area contributed by atoms with Crippen molar-refractivity contribution in [3.63, 3.8) is 0 Å². The van der Waals surface area contributed by atoms with E-state index in [9.17, 15) is 0 Å². The van der Waals surface area contributed by atoms with E-state index in [1.807, 2.05) is 49.4 Å². The Morgan fingerprint density at radius 1 is 1.24 bits per heavy atom. The smallest absolute Gasteiger partial charge is 0.186 e. The molecule has 0 spiro atoms.